The zero-order valence-corrected chi connectivity index (χ0v) is 20.4. The molecular formula is C27H30O8. The Balaban J connectivity index is 1.81. The van der Waals surface area contributed by atoms with Gasteiger partial charge in [0.25, 0.3) is 0 Å². The molecule has 0 saturated heterocycles. The Labute approximate surface area is 202 Å². The molecule has 5 rings (SSSR count). The predicted molar refractivity (Wildman–Crippen MR) is 124 cm³/mol. The molecule has 8 nitrogen and oxygen atoms in total. The number of aliphatic hydroxyl groups is 4. The lowest BCUT2D eigenvalue weighted by molar-refractivity contribution is -0.161. The van der Waals surface area contributed by atoms with Gasteiger partial charge >= 0.3 is 0 Å². The molecule has 0 bridgehead atoms. The Morgan fingerprint density at radius 3 is 2.43 bits per heavy atom. The first kappa shape index (κ1) is 23.8. The van der Waals surface area contributed by atoms with Crippen molar-refractivity contribution in [2.24, 2.45) is 11.3 Å². The summed E-state index contributed by atoms with van der Waals surface area (Å²) in [5.41, 5.74) is -3.50. The molecule has 0 amide bonds. The first-order chi connectivity index (χ1) is 16.2. The molecule has 8 heteroatoms. The molecule has 4 aliphatic rings. The van der Waals surface area contributed by atoms with Gasteiger partial charge in [0, 0.05) is 23.3 Å². The van der Waals surface area contributed by atoms with Gasteiger partial charge in [-0.2, -0.15) is 0 Å². The SMILES string of the molecule is CC(=O)C1=C(O)C[C@H]2[C@H](O)[C@]3(C)C(=C(O)[C@@]2(O)C1=O)C(=O)c1c(ccc2c1OCCC2(C)C)[C@H]3C. The molecule has 0 aromatic heterocycles. The van der Waals surface area contributed by atoms with Crippen molar-refractivity contribution in [1.29, 1.82) is 0 Å². The fourth-order valence-corrected chi connectivity index (χ4v) is 6.64. The van der Waals surface area contributed by atoms with Crippen LogP contribution in [0.5, 0.6) is 5.75 Å². The van der Waals surface area contributed by atoms with E-state index in [-0.39, 0.29) is 16.6 Å². The van der Waals surface area contributed by atoms with Gasteiger partial charge in [-0.15, -0.1) is 0 Å². The number of carbonyl (C=O) groups is 3. The van der Waals surface area contributed by atoms with E-state index in [9.17, 15) is 34.8 Å². The average molecular weight is 483 g/mol. The number of allylic oxidation sites excluding steroid dienone is 1. The summed E-state index contributed by atoms with van der Waals surface area (Å²) in [4.78, 5) is 39.5. The Bertz CT molecular complexity index is 1280. The molecule has 186 valence electrons. The van der Waals surface area contributed by atoms with Crippen molar-refractivity contribution in [3.8, 4) is 5.75 Å². The van der Waals surface area contributed by atoms with Crippen LogP contribution in [0.3, 0.4) is 0 Å². The number of ketones is 3. The van der Waals surface area contributed by atoms with Gasteiger partial charge in [-0.1, -0.05) is 39.8 Å². The van der Waals surface area contributed by atoms with Gasteiger partial charge in [0.05, 0.1) is 23.8 Å². The molecule has 1 aliphatic heterocycles. The van der Waals surface area contributed by atoms with E-state index < -0.39 is 69.8 Å². The van der Waals surface area contributed by atoms with Crippen LogP contribution in [-0.2, 0) is 15.0 Å². The summed E-state index contributed by atoms with van der Waals surface area (Å²) in [6.07, 6.45) is -1.13. The van der Waals surface area contributed by atoms with Gasteiger partial charge in [0.2, 0.25) is 5.78 Å². The molecule has 0 saturated carbocycles. The van der Waals surface area contributed by atoms with Crippen molar-refractivity contribution in [3.05, 3.63) is 51.5 Å². The van der Waals surface area contributed by atoms with Crippen molar-refractivity contribution in [2.45, 2.75) is 70.5 Å². The Kier molecular flexibility index (Phi) is 4.78. The van der Waals surface area contributed by atoms with Crippen LogP contribution in [0, 0.1) is 11.3 Å². The highest BCUT2D eigenvalue weighted by Crippen LogP contribution is 2.61. The molecule has 5 atom stereocenters. The van der Waals surface area contributed by atoms with Crippen LogP contribution in [0.4, 0.5) is 0 Å². The van der Waals surface area contributed by atoms with Crippen LogP contribution >= 0.6 is 0 Å². The summed E-state index contributed by atoms with van der Waals surface area (Å²) in [7, 11) is 0. The molecule has 1 aromatic rings. The standard InChI is InChI=1S/C27H30O8/c1-11-13-6-7-14-21(35-9-8-25(14,3)4)18(13)20(30)19-24(33)27(34)15(22(31)26(11,19)5)10-16(29)17(12(2)28)23(27)32/h6-7,11,15,22,29,31,33-34H,8-10H2,1-5H3/t11-,15+,22+,26+,27+/m1/s1. The van der Waals surface area contributed by atoms with Crippen LogP contribution < -0.4 is 4.74 Å². The number of Topliss-reactive ketones (excluding diaryl/α,β-unsaturated/α-hetero) is 3. The number of ether oxygens (including phenoxy) is 1. The summed E-state index contributed by atoms with van der Waals surface area (Å²) in [6.45, 7) is 9.01. The maximum absolute atomic E-state index is 14.1. The molecule has 0 radical (unpaired) electrons. The fourth-order valence-electron chi connectivity index (χ4n) is 6.64. The quantitative estimate of drug-likeness (QED) is 0.448. The van der Waals surface area contributed by atoms with Crippen LogP contribution in [0.15, 0.2) is 34.8 Å². The van der Waals surface area contributed by atoms with Crippen molar-refractivity contribution in [3.63, 3.8) is 0 Å². The van der Waals surface area contributed by atoms with E-state index in [2.05, 4.69) is 13.8 Å². The maximum Gasteiger partial charge on any atom is 0.209 e. The zero-order valence-electron chi connectivity index (χ0n) is 20.4. The predicted octanol–water partition coefficient (Wildman–Crippen LogP) is 2.96. The van der Waals surface area contributed by atoms with Gasteiger partial charge in [0.1, 0.15) is 22.8 Å². The summed E-state index contributed by atoms with van der Waals surface area (Å²) >= 11 is 0. The number of carbonyl (C=O) groups excluding carboxylic acids is 3. The highest BCUT2D eigenvalue weighted by Gasteiger charge is 2.67. The molecule has 1 heterocycles. The third kappa shape index (κ3) is 2.67. The minimum atomic E-state index is -2.72. The van der Waals surface area contributed by atoms with E-state index in [1.807, 2.05) is 19.1 Å². The third-order valence-corrected chi connectivity index (χ3v) is 9.01. The number of fused-ring (bicyclic) bond motifs is 5. The van der Waals surface area contributed by atoms with Crippen LogP contribution in [0.2, 0.25) is 0 Å². The van der Waals surface area contributed by atoms with Crippen molar-refractivity contribution >= 4 is 17.3 Å². The summed E-state index contributed by atoms with van der Waals surface area (Å²) in [6, 6.07) is 3.77. The van der Waals surface area contributed by atoms with E-state index in [1.54, 1.807) is 6.92 Å². The van der Waals surface area contributed by atoms with Gasteiger partial charge in [-0.05, 0) is 30.2 Å². The highest BCUT2D eigenvalue weighted by atomic mass is 16.5. The molecule has 35 heavy (non-hydrogen) atoms. The average Bonchev–Trinajstić information content (AvgIpc) is 2.77. The second kappa shape index (κ2) is 7.04. The molecule has 3 aliphatic carbocycles. The number of benzene rings is 1. The smallest absolute Gasteiger partial charge is 0.209 e. The summed E-state index contributed by atoms with van der Waals surface area (Å²) < 4.78 is 5.96. The van der Waals surface area contributed by atoms with Crippen molar-refractivity contribution < 1.29 is 39.5 Å². The number of rotatable bonds is 1. The number of aliphatic hydroxyl groups excluding tert-OH is 3. The van der Waals surface area contributed by atoms with Gasteiger partial charge in [-0.25, -0.2) is 0 Å². The maximum atomic E-state index is 14.1. The van der Waals surface area contributed by atoms with Crippen LogP contribution in [0.25, 0.3) is 0 Å². The molecule has 1 aromatic carbocycles. The normalized spacial score (nSPS) is 35.6. The van der Waals surface area contributed by atoms with Crippen molar-refractivity contribution in [1.82, 2.24) is 0 Å². The van der Waals surface area contributed by atoms with E-state index >= 15 is 0 Å². The van der Waals surface area contributed by atoms with Crippen LogP contribution in [-0.4, -0.2) is 56.1 Å². The van der Waals surface area contributed by atoms with E-state index in [0.29, 0.717) is 17.9 Å². The van der Waals surface area contributed by atoms with E-state index in [4.69, 9.17) is 4.74 Å². The Hall–Kier alpha value is -2.97. The minimum absolute atomic E-state index is 0.253. The molecule has 0 fully saturated rings. The van der Waals surface area contributed by atoms with Gasteiger partial charge in [-0.3, -0.25) is 14.4 Å². The Morgan fingerprint density at radius 2 is 1.80 bits per heavy atom. The largest absolute Gasteiger partial charge is 0.511 e. The van der Waals surface area contributed by atoms with Crippen LogP contribution in [0.1, 0.15) is 74.9 Å². The monoisotopic (exact) mass is 482 g/mol. The number of hydrogen-bond acceptors (Lipinski definition) is 8. The number of hydrogen-bond donors (Lipinski definition) is 4. The highest BCUT2D eigenvalue weighted by molar-refractivity contribution is 6.25. The summed E-state index contributed by atoms with van der Waals surface area (Å²) in [5, 5.41) is 45.0. The third-order valence-electron chi connectivity index (χ3n) is 9.01. The molecule has 4 N–H and O–H groups in total. The van der Waals surface area contributed by atoms with Crippen molar-refractivity contribution in [2.75, 3.05) is 6.61 Å². The van der Waals surface area contributed by atoms with E-state index in [0.717, 1.165) is 18.9 Å². The minimum Gasteiger partial charge on any atom is -0.511 e. The van der Waals surface area contributed by atoms with E-state index in [1.165, 1.54) is 0 Å². The lowest BCUT2D eigenvalue weighted by atomic mass is 9.49. The Morgan fingerprint density at radius 1 is 1.14 bits per heavy atom. The lowest BCUT2D eigenvalue weighted by Gasteiger charge is -2.55. The lowest BCUT2D eigenvalue weighted by Crippen LogP contribution is -2.65. The summed E-state index contributed by atoms with van der Waals surface area (Å²) in [5.74, 6) is -5.50. The topological polar surface area (TPSA) is 141 Å². The first-order valence-corrected chi connectivity index (χ1v) is 11.9. The first-order valence-electron chi connectivity index (χ1n) is 11.9. The van der Waals surface area contributed by atoms with Gasteiger partial charge < -0.3 is 25.2 Å². The molecular weight excluding hydrogens is 452 g/mol. The zero-order chi connectivity index (χ0) is 25.8. The second-order valence-electron chi connectivity index (χ2n) is 11.2. The molecule has 0 spiro atoms. The molecule has 0 unspecified atom stereocenters. The second-order valence-corrected chi connectivity index (χ2v) is 11.2. The fraction of sp³-hybridized carbons (Fsp3) is 0.519. The van der Waals surface area contributed by atoms with Gasteiger partial charge in [0.15, 0.2) is 17.2 Å².